The van der Waals surface area contributed by atoms with E-state index in [-0.39, 0.29) is 0 Å². The highest BCUT2D eigenvalue weighted by Gasteiger charge is 2.07. The van der Waals surface area contributed by atoms with Gasteiger partial charge in [-0.25, -0.2) is 9.97 Å². The molecule has 0 aliphatic rings. The first kappa shape index (κ1) is 8.04. The first-order valence-corrected chi connectivity index (χ1v) is 4.27. The summed E-state index contributed by atoms with van der Waals surface area (Å²) in [6.07, 6.45) is 3.48. The summed E-state index contributed by atoms with van der Waals surface area (Å²) in [6.45, 7) is 4.22. The van der Waals surface area contributed by atoms with Crippen LogP contribution in [0.3, 0.4) is 0 Å². The van der Waals surface area contributed by atoms with Crippen molar-refractivity contribution in [1.29, 1.82) is 0 Å². The van der Waals surface area contributed by atoms with Gasteiger partial charge in [-0.1, -0.05) is 0 Å². The van der Waals surface area contributed by atoms with Gasteiger partial charge in [-0.3, -0.25) is 0 Å². The van der Waals surface area contributed by atoms with Crippen molar-refractivity contribution in [2.75, 3.05) is 5.73 Å². The van der Waals surface area contributed by atoms with E-state index in [0.29, 0.717) is 11.9 Å². The van der Waals surface area contributed by atoms with Gasteiger partial charge < -0.3 is 10.3 Å². The lowest BCUT2D eigenvalue weighted by Crippen LogP contribution is -2.00. The number of nitrogens with zero attached hydrogens (tertiary/aromatic N) is 3. The van der Waals surface area contributed by atoms with E-state index >= 15 is 0 Å². The Morgan fingerprint density at radius 3 is 2.85 bits per heavy atom. The SMILES string of the molecule is CC(C)n1ccc2c(N)ncnc21. The topological polar surface area (TPSA) is 56.7 Å². The molecule has 2 N–H and O–H groups in total. The summed E-state index contributed by atoms with van der Waals surface area (Å²) in [5, 5.41) is 0.927. The molecule has 0 atom stereocenters. The Kier molecular flexibility index (Phi) is 1.69. The number of nitrogen functional groups attached to an aromatic ring is 1. The number of anilines is 1. The fraction of sp³-hybridized carbons (Fsp3) is 0.333. The molecule has 0 aliphatic carbocycles. The highest BCUT2D eigenvalue weighted by Crippen LogP contribution is 2.20. The Morgan fingerprint density at radius 1 is 1.38 bits per heavy atom. The van der Waals surface area contributed by atoms with Crippen molar-refractivity contribution in [3.8, 4) is 0 Å². The minimum Gasteiger partial charge on any atom is -0.383 e. The summed E-state index contributed by atoms with van der Waals surface area (Å²) in [7, 11) is 0. The molecule has 2 rings (SSSR count). The smallest absolute Gasteiger partial charge is 0.145 e. The number of rotatable bonds is 1. The Hall–Kier alpha value is -1.58. The van der Waals surface area contributed by atoms with Gasteiger partial charge in [0, 0.05) is 12.2 Å². The van der Waals surface area contributed by atoms with Crippen LogP contribution in [0.15, 0.2) is 18.6 Å². The molecule has 4 nitrogen and oxygen atoms in total. The van der Waals surface area contributed by atoms with E-state index in [1.165, 1.54) is 6.33 Å². The maximum Gasteiger partial charge on any atom is 0.145 e. The quantitative estimate of drug-likeness (QED) is 0.717. The zero-order valence-electron chi connectivity index (χ0n) is 7.73. The van der Waals surface area contributed by atoms with Gasteiger partial charge in [0.15, 0.2) is 0 Å². The lowest BCUT2D eigenvalue weighted by atomic mass is 10.4. The van der Waals surface area contributed by atoms with Gasteiger partial charge in [0.2, 0.25) is 0 Å². The van der Waals surface area contributed by atoms with Crippen molar-refractivity contribution >= 4 is 16.9 Å². The highest BCUT2D eigenvalue weighted by molar-refractivity contribution is 5.86. The zero-order chi connectivity index (χ0) is 9.42. The molecule has 0 bridgehead atoms. The fourth-order valence-electron chi connectivity index (χ4n) is 1.41. The summed E-state index contributed by atoms with van der Waals surface area (Å²) < 4.78 is 2.08. The lowest BCUT2D eigenvalue weighted by molar-refractivity contribution is 0.617. The average molecular weight is 176 g/mol. The molecular formula is C9H12N4. The molecule has 4 heteroatoms. The maximum absolute atomic E-state index is 5.71. The van der Waals surface area contributed by atoms with Crippen LogP contribution in [0.5, 0.6) is 0 Å². The second kappa shape index (κ2) is 2.73. The molecule has 0 unspecified atom stereocenters. The van der Waals surface area contributed by atoms with Crippen molar-refractivity contribution in [2.45, 2.75) is 19.9 Å². The molecule has 0 aliphatic heterocycles. The second-order valence-electron chi connectivity index (χ2n) is 3.31. The van der Waals surface area contributed by atoms with E-state index < -0.39 is 0 Å². The van der Waals surface area contributed by atoms with Crippen LogP contribution >= 0.6 is 0 Å². The van der Waals surface area contributed by atoms with Crippen LogP contribution in [0.4, 0.5) is 5.82 Å². The van der Waals surface area contributed by atoms with E-state index in [0.717, 1.165) is 11.0 Å². The highest BCUT2D eigenvalue weighted by atomic mass is 15.1. The third kappa shape index (κ3) is 1.14. The van der Waals surface area contributed by atoms with Crippen molar-refractivity contribution in [1.82, 2.24) is 14.5 Å². The van der Waals surface area contributed by atoms with E-state index in [9.17, 15) is 0 Å². The zero-order valence-corrected chi connectivity index (χ0v) is 7.73. The van der Waals surface area contributed by atoms with Crippen molar-refractivity contribution < 1.29 is 0 Å². The predicted octanol–water partition coefficient (Wildman–Crippen LogP) is 1.59. The standard InChI is InChI=1S/C9H12N4/c1-6(2)13-4-3-7-8(10)11-5-12-9(7)13/h3-6H,1-2H3,(H2,10,11,12). The molecule has 13 heavy (non-hydrogen) atoms. The van der Waals surface area contributed by atoms with Crippen molar-refractivity contribution in [2.24, 2.45) is 0 Å². The molecule has 2 aromatic rings. The summed E-state index contributed by atoms with van der Waals surface area (Å²) in [5.74, 6) is 0.546. The number of hydrogen-bond acceptors (Lipinski definition) is 3. The first-order valence-electron chi connectivity index (χ1n) is 4.27. The fourth-order valence-corrected chi connectivity index (χ4v) is 1.41. The normalized spacial score (nSPS) is 11.3. The number of aromatic nitrogens is 3. The van der Waals surface area contributed by atoms with Gasteiger partial charge in [-0.2, -0.15) is 0 Å². The Balaban J connectivity index is 2.75. The Bertz CT molecular complexity index is 430. The van der Waals surface area contributed by atoms with Gasteiger partial charge in [-0.05, 0) is 19.9 Å². The molecule has 0 aromatic carbocycles. The minimum atomic E-state index is 0.395. The minimum absolute atomic E-state index is 0.395. The Morgan fingerprint density at radius 2 is 2.15 bits per heavy atom. The molecule has 0 radical (unpaired) electrons. The number of fused-ring (bicyclic) bond motifs is 1. The largest absolute Gasteiger partial charge is 0.383 e. The average Bonchev–Trinajstić information content (AvgIpc) is 2.48. The Labute approximate surface area is 76.4 Å². The van der Waals surface area contributed by atoms with Gasteiger partial charge in [0.1, 0.15) is 17.8 Å². The summed E-state index contributed by atoms with van der Waals surface area (Å²) in [5.41, 5.74) is 6.61. The third-order valence-electron chi connectivity index (χ3n) is 2.10. The van der Waals surface area contributed by atoms with Crippen LogP contribution in [0, 0.1) is 0 Å². The molecule has 0 amide bonds. The first-order chi connectivity index (χ1) is 6.20. The van der Waals surface area contributed by atoms with Gasteiger partial charge in [0.05, 0.1) is 5.39 Å². The molecule has 2 heterocycles. The van der Waals surface area contributed by atoms with E-state index in [4.69, 9.17) is 5.73 Å². The van der Waals surface area contributed by atoms with Crippen molar-refractivity contribution in [3.05, 3.63) is 18.6 Å². The van der Waals surface area contributed by atoms with Crippen LogP contribution in [0.25, 0.3) is 11.0 Å². The summed E-state index contributed by atoms with van der Waals surface area (Å²) in [6, 6.07) is 2.34. The molecule has 0 saturated carbocycles. The van der Waals surface area contributed by atoms with Gasteiger partial charge in [0.25, 0.3) is 0 Å². The van der Waals surface area contributed by atoms with E-state index in [2.05, 4.69) is 28.4 Å². The van der Waals surface area contributed by atoms with Crippen LogP contribution in [-0.2, 0) is 0 Å². The molecular weight excluding hydrogens is 164 g/mol. The van der Waals surface area contributed by atoms with Crippen LogP contribution in [0.1, 0.15) is 19.9 Å². The number of nitrogens with two attached hydrogens (primary N) is 1. The van der Waals surface area contributed by atoms with E-state index in [1.54, 1.807) is 0 Å². The molecule has 0 saturated heterocycles. The summed E-state index contributed by atoms with van der Waals surface area (Å²) in [4.78, 5) is 8.13. The van der Waals surface area contributed by atoms with Gasteiger partial charge in [-0.15, -0.1) is 0 Å². The molecule has 0 spiro atoms. The van der Waals surface area contributed by atoms with E-state index in [1.807, 2.05) is 12.3 Å². The van der Waals surface area contributed by atoms with Crippen LogP contribution in [0.2, 0.25) is 0 Å². The van der Waals surface area contributed by atoms with Gasteiger partial charge >= 0.3 is 0 Å². The van der Waals surface area contributed by atoms with Crippen LogP contribution in [-0.4, -0.2) is 14.5 Å². The maximum atomic E-state index is 5.71. The predicted molar refractivity (Wildman–Crippen MR) is 52.3 cm³/mol. The molecule has 68 valence electrons. The second-order valence-corrected chi connectivity index (χ2v) is 3.31. The molecule has 2 aromatic heterocycles. The monoisotopic (exact) mass is 176 g/mol. The third-order valence-corrected chi connectivity index (χ3v) is 2.10. The summed E-state index contributed by atoms with van der Waals surface area (Å²) >= 11 is 0. The molecule has 0 fully saturated rings. The number of hydrogen-bond donors (Lipinski definition) is 1. The van der Waals surface area contributed by atoms with Crippen LogP contribution < -0.4 is 5.73 Å². The van der Waals surface area contributed by atoms with Crippen molar-refractivity contribution in [3.63, 3.8) is 0 Å². The lowest BCUT2D eigenvalue weighted by Gasteiger charge is -2.07.